The fourth-order valence-corrected chi connectivity index (χ4v) is 2.63. The lowest BCUT2D eigenvalue weighted by atomic mass is 10.2. The van der Waals surface area contributed by atoms with Crippen LogP contribution in [0.3, 0.4) is 0 Å². The summed E-state index contributed by atoms with van der Waals surface area (Å²) in [5.41, 5.74) is 2.00. The molecule has 0 saturated heterocycles. The highest BCUT2D eigenvalue weighted by atomic mass is 127. The molecule has 0 aliphatic carbocycles. The van der Waals surface area contributed by atoms with Crippen LogP contribution < -0.4 is 0 Å². The number of aliphatic imine (C=N–C) groups is 1. The Morgan fingerprint density at radius 1 is 1.14 bits per heavy atom. The smallest absolute Gasteiger partial charge is 0.363 e. The van der Waals surface area contributed by atoms with E-state index in [1.807, 2.05) is 48.5 Å². The number of rotatable bonds is 2. The molecule has 1 aliphatic heterocycles. The van der Waals surface area contributed by atoms with Crippen molar-refractivity contribution in [3.05, 3.63) is 73.4 Å². The van der Waals surface area contributed by atoms with E-state index in [4.69, 9.17) is 4.74 Å². The molecule has 2 aromatic carbocycles. The lowest BCUT2D eigenvalue weighted by Crippen LogP contribution is -2.05. The minimum Gasteiger partial charge on any atom is -0.402 e. The zero-order valence-electron chi connectivity index (χ0n) is 10.7. The zero-order valence-corrected chi connectivity index (χ0v) is 14.5. The summed E-state index contributed by atoms with van der Waals surface area (Å²) in [6.45, 7) is 0. The van der Waals surface area contributed by atoms with E-state index in [2.05, 4.69) is 43.5 Å². The van der Waals surface area contributed by atoms with Gasteiger partial charge in [-0.05, 0) is 64.6 Å². The van der Waals surface area contributed by atoms with Gasteiger partial charge >= 0.3 is 5.97 Å². The molecular formula is C16H9BrINO2. The fourth-order valence-electron chi connectivity index (χ4n) is 1.87. The second-order valence-electron chi connectivity index (χ2n) is 4.40. The Bertz CT molecular complexity index is 766. The molecule has 3 rings (SSSR count). The number of carbonyl (C=O) groups excluding carboxylic acids is 1. The molecule has 0 saturated carbocycles. The normalized spacial score (nSPS) is 16.0. The molecule has 1 aliphatic rings. The third-order valence-electron chi connectivity index (χ3n) is 2.87. The molecule has 0 aromatic heterocycles. The van der Waals surface area contributed by atoms with Crippen LogP contribution in [-0.2, 0) is 9.53 Å². The van der Waals surface area contributed by atoms with Gasteiger partial charge in [0.15, 0.2) is 5.70 Å². The summed E-state index contributed by atoms with van der Waals surface area (Å²) in [6.07, 6.45) is 1.73. The SMILES string of the molecule is O=C1OC(c2cccc(Br)c2)=N/C1=C\c1ccc(I)cc1. The number of ether oxygens (including phenoxy) is 1. The summed E-state index contributed by atoms with van der Waals surface area (Å²) in [5, 5.41) is 0. The van der Waals surface area contributed by atoms with Gasteiger partial charge in [-0.3, -0.25) is 0 Å². The molecule has 0 radical (unpaired) electrons. The summed E-state index contributed by atoms with van der Waals surface area (Å²) in [5.74, 6) is -0.0958. The largest absolute Gasteiger partial charge is 0.402 e. The maximum Gasteiger partial charge on any atom is 0.363 e. The van der Waals surface area contributed by atoms with Gasteiger partial charge < -0.3 is 4.74 Å². The number of carbonyl (C=O) groups is 1. The summed E-state index contributed by atoms with van der Waals surface area (Å²) >= 11 is 5.62. The van der Waals surface area contributed by atoms with E-state index >= 15 is 0 Å². The van der Waals surface area contributed by atoms with E-state index in [1.165, 1.54) is 0 Å². The number of nitrogens with zero attached hydrogens (tertiary/aromatic N) is 1. The van der Waals surface area contributed by atoms with Crippen molar-refractivity contribution < 1.29 is 9.53 Å². The number of hydrogen-bond donors (Lipinski definition) is 0. The van der Waals surface area contributed by atoms with Gasteiger partial charge in [0.1, 0.15) is 0 Å². The average Bonchev–Trinajstić information content (AvgIpc) is 2.83. The Labute approximate surface area is 144 Å². The van der Waals surface area contributed by atoms with Crippen molar-refractivity contribution in [2.24, 2.45) is 4.99 Å². The third kappa shape index (κ3) is 3.41. The Morgan fingerprint density at radius 2 is 1.90 bits per heavy atom. The van der Waals surface area contributed by atoms with Crippen LogP contribution >= 0.6 is 38.5 Å². The molecule has 104 valence electrons. The highest BCUT2D eigenvalue weighted by Gasteiger charge is 2.24. The topological polar surface area (TPSA) is 38.7 Å². The van der Waals surface area contributed by atoms with Gasteiger partial charge in [0.05, 0.1) is 0 Å². The first-order valence-corrected chi connectivity index (χ1v) is 8.03. The van der Waals surface area contributed by atoms with Gasteiger partial charge in [0.2, 0.25) is 5.90 Å². The molecule has 0 unspecified atom stereocenters. The molecule has 0 bridgehead atoms. The Morgan fingerprint density at radius 3 is 2.62 bits per heavy atom. The van der Waals surface area contributed by atoms with Crippen molar-refractivity contribution in [2.75, 3.05) is 0 Å². The zero-order chi connectivity index (χ0) is 14.8. The van der Waals surface area contributed by atoms with Crippen molar-refractivity contribution in [1.82, 2.24) is 0 Å². The molecule has 0 atom stereocenters. The molecule has 5 heteroatoms. The molecule has 3 nitrogen and oxygen atoms in total. The molecule has 0 amide bonds. The van der Waals surface area contributed by atoms with Gasteiger partial charge in [-0.2, -0.15) is 0 Å². The lowest BCUT2D eigenvalue weighted by molar-refractivity contribution is -0.129. The van der Waals surface area contributed by atoms with Crippen LogP contribution in [0.4, 0.5) is 0 Å². The van der Waals surface area contributed by atoms with Crippen LogP contribution in [0.25, 0.3) is 6.08 Å². The quantitative estimate of drug-likeness (QED) is 0.384. The summed E-state index contributed by atoms with van der Waals surface area (Å²) in [6, 6.07) is 15.3. The number of cyclic esters (lactones) is 1. The van der Waals surface area contributed by atoms with Crippen molar-refractivity contribution in [1.29, 1.82) is 0 Å². The van der Waals surface area contributed by atoms with Crippen molar-refractivity contribution in [3.63, 3.8) is 0 Å². The molecular weight excluding hydrogens is 445 g/mol. The standard InChI is InChI=1S/C16H9BrINO2/c17-12-3-1-2-11(9-12)15-19-14(16(20)21-15)8-10-4-6-13(18)7-5-10/h1-9H/b14-8-. The second kappa shape index (κ2) is 6.11. The first kappa shape index (κ1) is 14.5. The minimum absolute atomic E-state index is 0.311. The van der Waals surface area contributed by atoms with Crippen molar-refractivity contribution >= 4 is 56.5 Å². The summed E-state index contributed by atoms with van der Waals surface area (Å²) in [4.78, 5) is 16.2. The van der Waals surface area contributed by atoms with Gasteiger partial charge in [-0.15, -0.1) is 0 Å². The lowest BCUT2D eigenvalue weighted by Gasteiger charge is -1.99. The van der Waals surface area contributed by atoms with Gasteiger partial charge in [0.25, 0.3) is 0 Å². The Kier molecular flexibility index (Phi) is 4.21. The molecule has 0 spiro atoms. The van der Waals surface area contributed by atoms with E-state index in [1.54, 1.807) is 6.08 Å². The molecule has 21 heavy (non-hydrogen) atoms. The van der Waals surface area contributed by atoms with Crippen LogP contribution in [0.2, 0.25) is 0 Å². The number of hydrogen-bond acceptors (Lipinski definition) is 3. The number of esters is 1. The summed E-state index contributed by atoms with van der Waals surface area (Å²) < 4.78 is 7.28. The second-order valence-corrected chi connectivity index (χ2v) is 6.56. The van der Waals surface area contributed by atoms with E-state index < -0.39 is 5.97 Å². The van der Waals surface area contributed by atoms with E-state index in [0.29, 0.717) is 11.6 Å². The van der Waals surface area contributed by atoms with Crippen LogP contribution in [-0.4, -0.2) is 11.9 Å². The Balaban J connectivity index is 1.93. The fraction of sp³-hybridized carbons (Fsp3) is 0. The number of halogens is 2. The molecule has 2 aromatic rings. The number of benzene rings is 2. The molecule has 0 fully saturated rings. The predicted molar refractivity (Wildman–Crippen MR) is 93.9 cm³/mol. The minimum atomic E-state index is -0.427. The first-order valence-electron chi connectivity index (χ1n) is 6.16. The van der Waals surface area contributed by atoms with Crippen molar-refractivity contribution in [3.8, 4) is 0 Å². The predicted octanol–water partition coefficient (Wildman–Crippen LogP) is 4.40. The van der Waals surface area contributed by atoms with Crippen LogP contribution in [0.1, 0.15) is 11.1 Å². The van der Waals surface area contributed by atoms with Crippen LogP contribution in [0, 0.1) is 3.57 Å². The van der Waals surface area contributed by atoms with Crippen molar-refractivity contribution in [2.45, 2.75) is 0 Å². The van der Waals surface area contributed by atoms with E-state index in [9.17, 15) is 4.79 Å². The van der Waals surface area contributed by atoms with Gasteiger partial charge in [0, 0.05) is 13.6 Å². The first-order chi connectivity index (χ1) is 10.1. The maximum absolute atomic E-state index is 11.9. The Hall–Kier alpha value is -1.47. The third-order valence-corrected chi connectivity index (χ3v) is 4.08. The summed E-state index contributed by atoms with van der Waals surface area (Å²) in [7, 11) is 0. The monoisotopic (exact) mass is 453 g/mol. The molecule has 0 N–H and O–H groups in total. The average molecular weight is 454 g/mol. The maximum atomic E-state index is 11.9. The highest BCUT2D eigenvalue weighted by Crippen LogP contribution is 2.21. The van der Waals surface area contributed by atoms with Gasteiger partial charge in [-0.25, -0.2) is 9.79 Å². The van der Waals surface area contributed by atoms with E-state index in [0.717, 1.165) is 19.2 Å². The van der Waals surface area contributed by atoms with Crippen LogP contribution in [0.5, 0.6) is 0 Å². The van der Waals surface area contributed by atoms with E-state index in [-0.39, 0.29) is 0 Å². The highest BCUT2D eigenvalue weighted by molar-refractivity contribution is 14.1. The van der Waals surface area contributed by atoms with Crippen LogP contribution in [0.15, 0.2) is 63.7 Å². The molecule has 1 heterocycles. The van der Waals surface area contributed by atoms with Gasteiger partial charge in [-0.1, -0.05) is 34.1 Å².